The number of hydrogen-bond acceptors (Lipinski definition) is 0. The maximum atomic E-state index is 6.11. The molecule has 0 unspecified atom stereocenters. The lowest BCUT2D eigenvalue weighted by atomic mass is 10.4. The molecular weight excluding hydrogens is 282 g/mol. The average Bonchev–Trinajstić information content (AvgIpc) is 2.31. The summed E-state index contributed by atoms with van der Waals surface area (Å²) in [7, 11) is -0.679. The van der Waals surface area contributed by atoms with E-state index in [2.05, 4.69) is 24.3 Å². The van der Waals surface area contributed by atoms with Crippen LogP contribution < -0.4 is 10.6 Å². The van der Waals surface area contributed by atoms with Gasteiger partial charge < -0.3 is 0 Å². The Balaban J connectivity index is 0.00000144. The summed E-state index contributed by atoms with van der Waals surface area (Å²) < 4.78 is -0.375. The summed E-state index contributed by atoms with van der Waals surface area (Å²) in [5.74, 6) is 0. The summed E-state index contributed by atoms with van der Waals surface area (Å²) in [6, 6.07) is 20.4. The van der Waals surface area contributed by atoms with Gasteiger partial charge in [0.25, 0.3) is 0 Å². The SMILES string of the molecule is ClC(Cl)P(c1ccccc1)c1ccccc1.[MgH2]. The van der Waals surface area contributed by atoms with Crippen LogP contribution in [-0.4, -0.2) is 27.6 Å². The van der Waals surface area contributed by atoms with Crippen molar-refractivity contribution in [3.63, 3.8) is 0 Å². The summed E-state index contributed by atoms with van der Waals surface area (Å²) in [6.07, 6.45) is 0. The van der Waals surface area contributed by atoms with Gasteiger partial charge in [-0.15, -0.1) is 0 Å². The summed E-state index contributed by atoms with van der Waals surface area (Å²) in [5, 5.41) is 2.41. The van der Waals surface area contributed by atoms with Gasteiger partial charge >= 0.3 is 23.1 Å². The molecule has 4 heteroatoms. The predicted octanol–water partition coefficient (Wildman–Crippen LogP) is 2.96. The fourth-order valence-electron chi connectivity index (χ4n) is 1.55. The molecule has 0 N–H and O–H groups in total. The average molecular weight is 295 g/mol. The van der Waals surface area contributed by atoms with Gasteiger partial charge in [-0.2, -0.15) is 0 Å². The molecule has 0 aromatic heterocycles. The molecule has 86 valence electrons. The Labute approximate surface area is 129 Å². The van der Waals surface area contributed by atoms with Gasteiger partial charge in [0.2, 0.25) is 0 Å². The Morgan fingerprint density at radius 3 is 1.35 bits per heavy atom. The van der Waals surface area contributed by atoms with Crippen molar-refractivity contribution in [2.24, 2.45) is 0 Å². The topological polar surface area (TPSA) is 0 Å². The van der Waals surface area contributed by atoms with Crippen molar-refractivity contribution in [1.82, 2.24) is 0 Å². The van der Waals surface area contributed by atoms with E-state index in [-0.39, 0.29) is 27.6 Å². The van der Waals surface area contributed by atoms with Gasteiger partial charge in [-0.05, 0) is 18.5 Å². The van der Waals surface area contributed by atoms with E-state index < -0.39 is 7.92 Å². The van der Waals surface area contributed by atoms with Crippen molar-refractivity contribution in [2.75, 3.05) is 0 Å². The van der Waals surface area contributed by atoms with Gasteiger partial charge in [-0.25, -0.2) is 0 Å². The zero-order valence-corrected chi connectivity index (χ0v) is 11.0. The summed E-state index contributed by atoms with van der Waals surface area (Å²) in [6.45, 7) is 0. The van der Waals surface area contributed by atoms with E-state index in [0.717, 1.165) is 0 Å². The number of alkyl halides is 2. The monoisotopic (exact) mass is 294 g/mol. The zero-order valence-electron chi connectivity index (χ0n) is 8.55. The van der Waals surface area contributed by atoms with Crippen LogP contribution in [0.5, 0.6) is 0 Å². The van der Waals surface area contributed by atoms with Gasteiger partial charge in [0.15, 0.2) is 0 Å². The first-order valence-corrected chi connectivity index (χ1v) is 7.25. The minimum Gasteiger partial charge on any atom is -0.0995 e. The van der Waals surface area contributed by atoms with Crippen LogP contribution in [0.1, 0.15) is 0 Å². The Kier molecular flexibility index (Phi) is 6.83. The van der Waals surface area contributed by atoms with Crippen LogP contribution in [0.2, 0.25) is 0 Å². The minimum absolute atomic E-state index is 0. The van der Waals surface area contributed by atoms with Crippen LogP contribution >= 0.6 is 31.1 Å². The number of hydrogen-bond donors (Lipinski definition) is 0. The smallest absolute Gasteiger partial charge is 0.0995 e. The van der Waals surface area contributed by atoms with E-state index in [9.17, 15) is 0 Å². The summed E-state index contributed by atoms with van der Waals surface area (Å²) in [4.78, 5) is 0. The van der Waals surface area contributed by atoms with Crippen LogP contribution in [0.4, 0.5) is 0 Å². The van der Waals surface area contributed by atoms with E-state index in [1.165, 1.54) is 10.6 Å². The first kappa shape index (κ1) is 15.3. The molecule has 0 atom stereocenters. The van der Waals surface area contributed by atoms with Crippen molar-refractivity contribution in [3.8, 4) is 0 Å². The highest BCUT2D eigenvalue weighted by atomic mass is 35.5. The van der Waals surface area contributed by atoms with Crippen molar-refractivity contribution < 1.29 is 0 Å². The van der Waals surface area contributed by atoms with Gasteiger partial charge in [0.1, 0.15) is 4.58 Å². The molecule has 0 bridgehead atoms. The standard InChI is InChI=1S/C13H11Cl2P.Mg.2H/c14-13(15)16(11-7-3-1-4-8-11)12-9-5-2-6-10-12;;;/h1-10,13H;;;. The largest absolute Gasteiger partial charge is 0.316 e. The van der Waals surface area contributed by atoms with Crippen molar-refractivity contribution in [3.05, 3.63) is 60.7 Å². The molecule has 0 amide bonds. The van der Waals surface area contributed by atoms with Gasteiger partial charge in [-0.3, -0.25) is 0 Å². The van der Waals surface area contributed by atoms with Crippen molar-refractivity contribution >= 4 is 64.8 Å². The van der Waals surface area contributed by atoms with Crippen LogP contribution in [0.3, 0.4) is 0 Å². The van der Waals surface area contributed by atoms with E-state index >= 15 is 0 Å². The molecular formula is C13H13Cl2MgP. The summed E-state index contributed by atoms with van der Waals surface area (Å²) in [5.41, 5.74) is 0. The van der Waals surface area contributed by atoms with Gasteiger partial charge in [-0.1, -0.05) is 83.9 Å². The maximum Gasteiger partial charge on any atom is 0.316 e. The maximum absolute atomic E-state index is 6.11. The first-order valence-electron chi connectivity index (χ1n) is 4.96. The second kappa shape index (κ2) is 7.61. The fraction of sp³-hybridized carbons (Fsp3) is 0.0769. The highest BCUT2D eigenvalue weighted by molar-refractivity contribution is 7.76. The first-order chi connectivity index (χ1) is 7.79. The molecule has 0 fully saturated rings. The fourth-order valence-corrected chi connectivity index (χ4v) is 4.64. The quantitative estimate of drug-likeness (QED) is 0.464. The van der Waals surface area contributed by atoms with Gasteiger partial charge in [0.05, 0.1) is 0 Å². The van der Waals surface area contributed by atoms with E-state index in [1.54, 1.807) is 0 Å². The van der Waals surface area contributed by atoms with E-state index in [0.29, 0.717) is 0 Å². The second-order valence-electron chi connectivity index (χ2n) is 3.32. The molecule has 0 aliphatic rings. The Morgan fingerprint density at radius 2 is 1.06 bits per heavy atom. The lowest BCUT2D eigenvalue weighted by Gasteiger charge is -2.19. The molecule has 0 heterocycles. The van der Waals surface area contributed by atoms with Crippen molar-refractivity contribution in [2.45, 2.75) is 4.58 Å². The normalized spacial score (nSPS) is 10.4. The Hall–Kier alpha value is 0.216. The molecule has 2 rings (SSSR count). The lowest BCUT2D eigenvalue weighted by Crippen LogP contribution is -2.15. The van der Waals surface area contributed by atoms with Crippen LogP contribution in [0.15, 0.2) is 60.7 Å². The minimum atomic E-state index is -0.679. The molecule has 0 aliphatic heterocycles. The molecule has 0 saturated carbocycles. The molecule has 17 heavy (non-hydrogen) atoms. The van der Waals surface area contributed by atoms with E-state index in [4.69, 9.17) is 23.2 Å². The van der Waals surface area contributed by atoms with Crippen molar-refractivity contribution in [1.29, 1.82) is 0 Å². The van der Waals surface area contributed by atoms with Crippen LogP contribution in [0.25, 0.3) is 0 Å². The molecule has 0 spiro atoms. The molecule has 2 aromatic rings. The second-order valence-corrected chi connectivity index (χ2v) is 7.31. The third kappa shape index (κ3) is 4.12. The third-order valence-corrected chi connectivity index (χ3v) is 5.53. The number of rotatable bonds is 3. The third-order valence-electron chi connectivity index (χ3n) is 2.26. The zero-order chi connectivity index (χ0) is 11.4. The number of halogens is 2. The highest BCUT2D eigenvalue weighted by Crippen LogP contribution is 2.43. The highest BCUT2D eigenvalue weighted by Gasteiger charge is 2.20. The molecule has 0 aliphatic carbocycles. The lowest BCUT2D eigenvalue weighted by molar-refractivity contribution is 1.73. The molecule has 0 nitrogen and oxygen atoms in total. The molecule has 2 aromatic carbocycles. The predicted molar refractivity (Wildman–Crippen MR) is 83.1 cm³/mol. The summed E-state index contributed by atoms with van der Waals surface area (Å²) >= 11 is 12.2. The van der Waals surface area contributed by atoms with Gasteiger partial charge in [0, 0.05) is 0 Å². The number of benzene rings is 2. The molecule has 0 radical (unpaired) electrons. The Morgan fingerprint density at radius 1 is 0.706 bits per heavy atom. The van der Waals surface area contributed by atoms with Crippen LogP contribution in [-0.2, 0) is 0 Å². The van der Waals surface area contributed by atoms with E-state index in [1.807, 2.05) is 36.4 Å². The van der Waals surface area contributed by atoms with Crippen LogP contribution in [0, 0.1) is 0 Å². The molecule has 0 saturated heterocycles. The Bertz CT molecular complexity index is 394.